The van der Waals surface area contributed by atoms with Crippen molar-refractivity contribution in [3.63, 3.8) is 0 Å². The van der Waals surface area contributed by atoms with Gasteiger partial charge in [-0.2, -0.15) is 0 Å². The molecule has 0 unspecified atom stereocenters. The van der Waals surface area contributed by atoms with Crippen molar-refractivity contribution in [3.05, 3.63) is 46.8 Å². The molecule has 1 amide bonds. The molecule has 1 heterocycles. The van der Waals surface area contributed by atoms with E-state index in [9.17, 15) is 4.79 Å². The molecule has 0 saturated carbocycles. The van der Waals surface area contributed by atoms with Gasteiger partial charge in [-0.15, -0.1) is 0 Å². The van der Waals surface area contributed by atoms with Gasteiger partial charge in [-0.05, 0) is 40.2 Å². The van der Waals surface area contributed by atoms with Crippen molar-refractivity contribution < 1.29 is 13.9 Å². The summed E-state index contributed by atoms with van der Waals surface area (Å²) in [6.07, 6.45) is 1.45. The Labute approximate surface area is 107 Å². The van der Waals surface area contributed by atoms with Crippen molar-refractivity contribution >= 4 is 27.5 Å². The molecule has 0 bridgehead atoms. The van der Waals surface area contributed by atoms with Gasteiger partial charge in [-0.25, -0.2) is 0 Å². The lowest BCUT2D eigenvalue weighted by Crippen LogP contribution is -2.11. The summed E-state index contributed by atoms with van der Waals surface area (Å²) in [6.45, 7) is 0. The highest BCUT2D eigenvalue weighted by molar-refractivity contribution is 9.10. The molecule has 0 fully saturated rings. The molecule has 1 N–H and O–H groups in total. The Morgan fingerprint density at radius 3 is 2.88 bits per heavy atom. The second kappa shape index (κ2) is 5.05. The Kier molecular flexibility index (Phi) is 3.49. The lowest BCUT2D eigenvalue weighted by Gasteiger charge is -2.07. The Balaban J connectivity index is 2.21. The lowest BCUT2D eigenvalue weighted by atomic mass is 10.3. The van der Waals surface area contributed by atoms with Crippen LogP contribution in [0.1, 0.15) is 10.6 Å². The molecule has 5 heteroatoms. The van der Waals surface area contributed by atoms with Crippen LogP contribution in [0.3, 0.4) is 0 Å². The molecular formula is C12H10BrNO3. The average Bonchev–Trinajstić information content (AvgIpc) is 2.85. The molecule has 1 aromatic carbocycles. The summed E-state index contributed by atoms with van der Waals surface area (Å²) in [6, 6.07) is 8.59. The molecule has 88 valence electrons. The largest absolute Gasteiger partial charge is 0.497 e. The number of methoxy groups -OCH3 is 1. The average molecular weight is 296 g/mol. The fourth-order valence-electron chi connectivity index (χ4n) is 1.32. The quantitative estimate of drug-likeness (QED) is 0.945. The molecule has 0 spiro atoms. The van der Waals surface area contributed by atoms with Crippen molar-refractivity contribution in [3.8, 4) is 5.75 Å². The minimum atomic E-state index is -0.302. The summed E-state index contributed by atoms with van der Waals surface area (Å²) >= 11 is 3.35. The molecular weight excluding hydrogens is 286 g/mol. The van der Waals surface area contributed by atoms with Crippen molar-refractivity contribution in [2.24, 2.45) is 0 Å². The van der Waals surface area contributed by atoms with Crippen LogP contribution in [0.4, 0.5) is 5.69 Å². The van der Waals surface area contributed by atoms with Crippen molar-refractivity contribution in [2.75, 3.05) is 12.4 Å². The summed E-state index contributed by atoms with van der Waals surface area (Å²) in [5.74, 6) is 0.631. The Morgan fingerprint density at radius 2 is 2.24 bits per heavy atom. The van der Waals surface area contributed by atoms with Crippen LogP contribution in [0, 0.1) is 0 Å². The van der Waals surface area contributed by atoms with Crippen LogP contribution in [-0.4, -0.2) is 13.0 Å². The van der Waals surface area contributed by atoms with E-state index in [4.69, 9.17) is 9.15 Å². The van der Waals surface area contributed by atoms with Gasteiger partial charge in [0.25, 0.3) is 5.91 Å². The molecule has 0 atom stereocenters. The number of nitrogens with one attached hydrogen (secondary N) is 1. The second-order valence-electron chi connectivity index (χ2n) is 3.28. The standard InChI is InChI=1S/C12H10BrNO3/c1-16-8-4-5-9(13)10(7-8)14-12(15)11-3-2-6-17-11/h2-7H,1H3,(H,14,15). The predicted octanol–water partition coefficient (Wildman–Crippen LogP) is 3.30. The molecule has 4 nitrogen and oxygen atoms in total. The third-order valence-corrected chi connectivity index (χ3v) is 2.86. The number of hydrogen-bond donors (Lipinski definition) is 1. The Bertz CT molecular complexity index is 523. The third-order valence-electron chi connectivity index (χ3n) is 2.17. The van der Waals surface area contributed by atoms with Gasteiger partial charge in [0.05, 0.1) is 19.1 Å². The van der Waals surface area contributed by atoms with Crippen molar-refractivity contribution in [2.45, 2.75) is 0 Å². The number of carbonyl (C=O) groups excluding carboxylic acids is 1. The summed E-state index contributed by atoms with van der Waals surface area (Å²) in [5.41, 5.74) is 0.630. The van der Waals surface area contributed by atoms with E-state index in [0.29, 0.717) is 11.4 Å². The van der Waals surface area contributed by atoms with Gasteiger partial charge in [0.2, 0.25) is 0 Å². The maximum atomic E-state index is 11.8. The third kappa shape index (κ3) is 2.68. The smallest absolute Gasteiger partial charge is 0.291 e. The SMILES string of the molecule is COc1ccc(Br)c(NC(=O)c2ccco2)c1. The summed E-state index contributed by atoms with van der Waals surface area (Å²) < 4.78 is 10.9. The van der Waals surface area contributed by atoms with Crippen molar-refractivity contribution in [1.29, 1.82) is 0 Å². The zero-order valence-electron chi connectivity index (χ0n) is 9.07. The highest BCUT2D eigenvalue weighted by Crippen LogP contribution is 2.27. The first kappa shape index (κ1) is 11.7. The van der Waals surface area contributed by atoms with E-state index in [-0.39, 0.29) is 11.7 Å². The summed E-state index contributed by atoms with van der Waals surface area (Å²) in [4.78, 5) is 11.8. The monoisotopic (exact) mass is 295 g/mol. The first-order valence-corrected chi connectivity index (χ1v) is 5.68. The van der Waals surface area contributed by atoms with E-state index >= 15 is 0 Å². The van der Waals surface area contributed by atoms with Crippen LogP contribution in [0.25, 0.3) is 0 Å². The van der Waals surface area contributed by atoms with Crippen LogP contribution >= 0.6 is 15.9 Å². The highest BCUT2D eigenvalue weighted by atomic mass is 79.9. The van der Waals surface area contributed by atoms with Crippen LogP contribution in [0.5, 0.6) is 5.75 Å². The van der Waals surface area contributed by atoms with Gasteiger partial charge in [0.15, 0.2) is 5.76 Å². The maximum absolute atomic E-state index is 11.8. The van der Waals surface area contributed by atoms with Crippen LogP contribution in [0.2, 0.25) is 0 Å². The number of rotatable bonds is 3. The summed E-state index contributed by atoms with van der Waals surface area (Å²) in [7, 11) is 1.57. The maximum Gasteiger partial charge on any atom is 0.291 e. The fourth-order valence-corrected chi connectivity index (χ4v) is 1.66. The normalized spacial score (nSPS) is 10.0. The highest BCUT2D eigenvalue weighted by Gasteiger charge is 2.11. The van der Waals surface area contributed by atoms with Gasteiger partial charge in [-0.1, -0.05) is 0 Å². The molecule has 1 aromatic heterocycles. The Morgan fingerprint density at radius 1 is 1.41 bits per heavy atom. The van der Waals surface area contributed by atoms with Gasteiger partial charge < -0.3 is 14.5 Å². The zero-order chi connectivity index (χ0) is 12.3. The lowest BCUT2D eigenvalue weighted by molar-refractivity contribution is 0.0996. The number of anilines is 1. The van der Waals surface area contributed by atoms with Crippen LogP contribution < -0.4 is 10.1 Å². The molecule has 2 aromatic rings. The van der Waals surface area contributed by atoms with Crippen LogP contribution in [0.15, 0.2) is 45.5 Å². The minimum Gasteiger partial charge on any atom is -0.497 e. The number of benzene rings is 1. The zero-order valence-corrected chi connectivity index (χ0v) is 10.7. The van der Waals surface area contributed by atoms with E-state index in [0.717, 1.165) is 4.47 Å². The second-order valence-corrected chi connectivity index (χ2v) is 4.13. The number of halogens is 1. The summed E-state index contributed by atoms with van der Waals surface area (Å²) in [5, 5.41) is 2.73. The van der Waals surface area contributed by atoms with Gasteiger partial charge >= 0.3 is 0 Å². The molecule has 0 aliphatic heterocycles. The van der Waals surface area contributed by atoms with Crippen LogP contribution in [-0.2, 0) is 0 Å². The van der Waals surface area contributed by atoms with E-state index < -0.39 is 0 Å². The molecule has 0 aliphatic rings. The predicted molar refractivity (Wildman–Crippen MR) is 67.4 cm³/mol. The fraction of sp³-hybridized carbons (Fsp3) is 0.0833. The number of hydrogen-bond acceptors (Lipinski definition) is 3. The number of carbonyl (C=O) groups is 1. The van der Waals surface area contributed by atoms with Gasteiger partial charge in [-0.3, -0.25) is 4.79 Å². The molecule has 2 rings (SSSR count). The van der Waals surface area contributed by atoms with E-state index in [1.807, 2.05) is 0 Å². The van der Waals surface area contributed by atoms with Gasteiger partial charge in [0.1, 0.15) is 5.75 Å². The first-order chi connectivity index (χ1) is 8.20. The first-order valence-electron chi connectivity index (χ1n) is 4.89. The minimum absolute atomic E-state index is 0.264. The van der Waals surface area contributed by atoms with Gasteiger partial charge in [0, 0.05) is 10.5 Å². The topological polar surface area (TPSA) is 51.5 Å². The van der Waals surface area contributed by atoms with E-state index in [2.05, 4.69) is 21.2 Å². The molecule has 17 heavy (non-hydrogen) atoms. The molecule has 0 aliphatic carbocycles. The van der Waals surface area contributed by atoms with Crippen molar-refractivity contribution in [1.82, 2.24) is 0 Å². The number of furan rings is 1. The Hall–Kier alpha value is -1.75. The number of ether oxygens (including phenoxy) is 1. The molecule has 0 radical (unpaired) electrons. The van der Waals surface area contributed by atoms with E-state index in [1.165, 1.54) is 6.26 Å². The molecule has 0 saturated heterocycles. The van der Waals surface area contributed by atoms with E-state index in [1.54, 1.807) is 37.4 Å². The number of amides is 1.